The van der Waals surface area contributed by atoms with E-state index in [4.69, 9.17) is 16.1 Å². The molecule has 1 atom stereocenters. The van der Waals surface area contributed by atoms with Crippen molar-refractivity contribution in [2.75, 3.05) is 6.54 Å². The van der Waals surface area contributed by atoms with Crippen molar-refractivity contribution < 1.29 is 13.7 Å². The lowest BCUT2D eigenvalue weighted by Crippen LogP contribution is -2.30. The second-order valence-corrected chi connectivity index (χ2v) is 6.57. The van der Waals surface area contributed by atoms with Crippen LogP contribution in [0.1, 0.15) is 35.1 Å². The van der Waals surface area contributed by atoms with Gasteiger partial charge in [0.25, 0.3) is 5.91 Å². The summed E-state index contributed by atoms with van der Waals surface area (Å²) in [6.07, 6.45) is 1.60. The van der Waals surface area contributed by atoms with Gasteiger partial charge in [0.15, 0.2) is 0 Å². The maximum absolute atomic E-state index is 13.1. The maximum Gasteiger partial charge on any atom is 0.254 e. The van der Waals surface area contributed by atoms with Crippen LogP contribution in [0.3, 0.4) is 0 Å². The first kappa shape index (κ1) is 16.7. The van der Waals surface area contributed by atoms with Crippen LogP contribution >= 0.6 is 11.6 Å². The first-order valence-electron chi connectivity index (χ1n) is 8.28. The fourth-order valence-electron chi connectivity index (χ4n) is 3.14. The summed E-state index contributed by atoms with van der Waals surface area (Å²) >= 11 is 5.99. The van der Waals surface area contributed by atoms with Crippen LogP contribution in [0.25, 0.3) is 11.4 Å². The minimum Gasteiger partial charge on any atom is -0.337 e. The third-order valence-electron chi connectivity index (χ3n) is 4.41. The predicted molar refractivity (Wildman–Crippen MR) is 94.2 cm³/mol. The minimum absolute atomic E-state index is 0.114. The van der Waals surface area contributed by atoms with Crippen LogP contribution < -0.4 is 0 Å². The lowest BCUT2D eigenvalue weighted by molar-refractivity contribution is 0.0710. The molecule has 1 fully saturated rings. The van der Waals surface area contributed by atoms with Gasteiger partial charge in [-0.2, -0.15) is 4.98 Å². The van der Waals surface area contributed by atoms with E-state index in [1.807, 2.05) is 0 Å². The largest absolute Gasteiger partial charge is 0.337 e. The second kappa shape index (κ2) is 6.88. The van der Waals surface area contributed by atoms with Crippen molar-refractivity contribution in [2.45, 2.75) is 18.9 Å². The van der Waals surface area contributed by atoms with Gasteiger partial charge in [-0.15, -0.1) is 0 Å². The normalized spacial score (nSPS) is 16.8. The number of hydrogen-bond donors (Lipinski definition) is 0. The van der Waals surface area contributed by atoms with Crippen molar-refractivity contribution in [3.63, 3.8) is 0 Å². The molecule has 26 heavy (non-hydrogen) atoms. The topological polar surface area (TPSA) is 59.2 Å². The van der Waals surface area contributed by atoms with Crippen LogP contribution in [0.15, 0.2) is 53.1 Å². The second-order valence-electron chi connectivity index (χ2n) is 6.13. The molecule has 1 saturated heterocycles. The average molecular weight is 372 g/mol. The molecule has 7 heteroatoms. The van der Waals surface area contributed by atoms with Gasteiger partial charge in [-0.25, -0.2) is 4.39 Å². The summed E-state index contributed by atoms with van der Waals surface area (Å²) in [6, 6.07) is 12.5. The monoisotopic (exact) mass is 371 g/mol. The summed E-state index contributed by atoms with van der Waals surface area (Å²) < 4.78 is 18.5. The highest BCUT2D eigenvalue weighted by molar-refractivity contribution is 6.30. The highest BCUT2D eigenvalue weighted by Gasteiger charge is 2.34. The minimum atomic E-state index is -0.327. The van der Waals surface area contributed by atoms with Gasteiger partial charge in [-0.1, -0.05) is 22.8 Å². The Hall–Kier alpha value is -2.73. The van der Waals surface area contributed by atoms with E-state index < -0.39 is 0 Å². The Kier molecular flexibility index (Phi) is 4.42. The van der Waals surface area contributed by atoms with Gasteiger partial charge in [0, 0.05) is 22.7 Å². The molecule has 1 amide bonds. The third kappa shape index (κ3) is 3.20. The molecule has 0 saturated carbocycles. The number of benzene rings is 2. The number of carbonyl (C=O) groups is 1. The zero-order chi connectivity index (χ0) is 18.1. The van der Waals surface area contributed by atoms with Crippen molar-refractivity contribution in [3.05, 3.63) is 70.8 Å². The molecular weight excluding hydrogens is 357 g/mol. The first-order chi connectivity index (χ1) is 12.6. The standard InChI is InChI=1S/C19H15ClFN3O2/c20-14-4-1-3-13(11-14)19(25)24-10-2-5-16(24)18-22-17(23-26-18)12-6-8-15(21)9-7-12/h1,3-4,6-9,11,16H,2,5,10H2. The molecule has 5 nitrogen and oxygen atoms in total. The van der Waals surface area contributed by atoms with Crippen molar-refractivity contribution >= 4 is 17.5 Å². The zero-order valence-electron chi connectivity index (χ0n) is 13.7. The van der Waals surface area contributed by atoms with Gasteiger partial charge in [-0.05, 0) is 55.3 Å². The molecule has 0 bridgehead atoms. The van der Waals surface area contributed by atoms with E-state index in [1.54, 1.807) is 41.3 Å². The number of rotatable bonds is 3. The zero-order valence-corrected chi connectivity index (χ0v) is 14.5. The maximum atomic E-state index is 13.1. The molecule has 4 rings (SSSR count). The molecule has 132 valence electrons. The summed E-state index contributed by atoms with van der Waals surface area (Å²) in [6.45, 7) is 0.615. The number of amides is 1. The number of carbonyl (C=O) groups excluding carboxylic acids is 1. The smallest absolute Gasteiger partial charge is 0.254 e. The summed E-state index contributed by atoms with van der Waals surface area (Å²) in [7, 11) is 0. The number of aromatic nitrogens is 2. The van der Waals surface area contributed by atoms with Gasteiger partial charge in [0.05, 0.1) is 0 Å². The lowest BCUT2D eigenvalue weighted by Gasteiger charge is -2.22. The fourth-order valence-corrected chi connectivity index (χ4v) is 3.33. The number of nitrogens with zero attached hydrogens (tertiary/aromatic N) is 3. The fraction of sp³-hybridized carbons (Fsp3) is 0.211. The van der Waals surface area contributed by atoms with Crippen molar-refractivity contribution in [1.82, 2.24) is 15.0 Å². The third-order valence-corrected chi connectivity index (χ3v) is 4.65. The molecule has 1 aliphatic heterocycles. The van der Waals surface area contributed by atoms with Gasteiger partial charge in [0.2, 0.25) is 11.7 Å². The van der Waals surface area contributed by atoms with E-state index in [9.17, 15) is 9.18 Å². The van der Waals surface area contributed by atoms with E-state index in [0.717, 1.165) is 12.8 Å². The lowest BCUT2D eigenvalue weighted by atomic mass is 10.1. The highest BCUT2D eigenvalue weighted by atomic mass is 35.5. The van der Waals surface area contributed by atoms with Gasteiger partial charge in [0.1, 0.15) is 11.9 Å². The highest BCUT2D eigenvalue weighted by Crippen LogP contribution is 2.33. The molecule has 2 heterocycles. The van der Waals surface area contributed by atoms with Crippen molar-refractivity contribution in [1.29, 1.82) is 0 Å². The van der Waals surface area contributed by atoms with E-state index in [0.29, 0.717) is 34.4 Å². The molecule has 0 N–H and O–H groups in total. The SMILES string of the molecule is O=C(c1cccc(Cl)c1)N1CCCC1c1nc(-c2ccc(F)cc2)no1. The molecule has 2 aromatic carbocycles. The van der Waals surface area contributed by atoms with E-state index in [2.05, 4.69) is 10.1 Å². The Morgan fingerprint density at radius 2 is 2.04 bits per heavy atom. The van der Waals surface area contributed by atoms with Gasteiger partial charge >= 0.3 is 0 Å². The van der Waals surface area contributed by atoms with E-state index in [-0.39, 0.29) is 17.8 Å². The van der Waals surface area contributed by atoms with Crippen LogP contribution in [0.2, 0.25) is 5.02 Å². The quantitative estimate of drug-likeness (QED) is 0.679. The predicted octanol–water partition coefficient (Wildman–Crippen LogP) is 4.51. The molecule has 1 aromatic heterocycles. The van der Waals surface area contributed by atoms with Gasteiger partial charge < -0.3 is 9.42 Å². The van der Waals surface area contributed by atoms with Gasteiger partial charge in [-0.3, -0.25) is 4.79 Å². The molecule has 0 spiro atoms. The number of halogens is 2. The Labute approximate surface area is 154 Å². The molecule has 1 aliphatic rings. The Morgan fingerprint density at radius 1 is 1.23 bits per heavy atom. The summed E-state index contributed by atoms with van der Waals surface area (Å²) in [5, 5.41) is 4.49. The summed E-state index contributed by atoms with van der Waals surface area (Å²) in [4.78, 5) is 19.0. The molecule has 1 unspecified atom stereocenters. The van der Waals surface area contributed by atoms with E-state index in [1.165, 1.54) is 12.1 Å². The Bertz CT molecular complexity index is 942. The molecule has 0 aliphatic carbocycles. The number of likely N-dealkylation sites (tertiary alicyclic amines) is 1. The molecule has 3 aromatic rings. The average Bonchev–Trinajstić information content (AvgIpc) is 3.31. The Balaban J connectivity index is 1.59. The van der Waals surface area contributed by atoms with Crippen LogP contribution in [0.4, 0.5) is 4.39 Å². The van der Waals surface area contributed by atoms with Crippen molar-refractivity contribution in [2.24, 2.45) is 0 Å². The van der Waals surface area contributed by atoms with Crippen molar-refractivity contribution in [3.8, 4) is 11.4 Å². The first-order valence-corrected chi connectivity index (χ1v) is 8.66. The van der Waals surface area contributed by atoms with Crippen LogP contribution in [0, 0.1) is 5.82 Å². The molecule has 0 radical (unpaired) electrons. The summed E-state index contributed by atoms with van der Waals surface area (Å²) in [5.41, 5.74) is 1.19. The number of hydrogen-bond acceptors (Lipinski definition) is 4. The van der Waals surface area contributed by atoms with E-state index >= 15 is 0 Å². The van der Waals surface area contributed by atoms with Crippen LogP contribution in [0.5, 0.6) is 0 Å². The van der Waals surface area contributed by atoms with Crippen LogP contribution in [-0.2, 0) is 0 Å². The Morgan fingerprint density at radius 3 is 2.81 bits per heavy atom. The molecular formula is C19H15ClFN3O2. The van der Waals surface area contributed by atoms with Crippen LogP contribution in [-0.4, -0.2) is 27.5 Å². The summed E-state index contributed by atoms with van der Waals surface area (Å²) in [5.74, 6) is 0.322.